The fraction of sp³-hybridized carbons (Fsp3) is 0.150. The Morgan fingerprint density at radius 3 is 2.50 bits per heavy atom. The third kappa shape index (κ3) is 5.09. The molecule has 0 aromatic heterocycles. The molecule has 4 heteroatoms. The maximum Gasteiger partial charge on any atom is 0.335 e. The molecule has 0 atom stereocenters. The summed E-state index contributed by atoms with van der Waals surface area (Å²) >= 11 is 0. The second-order valence-electron chi connectivity index (χ2n) is 5.78. The molecule has 2 rings (SSSR count). The van der Waals surface area contributed by atoms with Gasteiger partial charge in [-0.3, -0.25) is 0 Å². The number of ether oxygens (including phenoxy) is 1. The molecule has 0 aliphatic heterocycles. The second-order valence-corrected chi connectivity index (χ2v) is 5.78. The highest BCUT2D eigenvalue weighted by Gasteiger charge is 2.19. The fourth-order valence-electron chi connectivity index (χ4n) is 2.05. The van der Waals surface area contributed by atoms with Gasteiger partial charge in [-0.25, -0.2) is 9.18 Å². The molecule has 0 unspecified atom stereocenters. The van der Waals surface area contributed by atoms with E-state index in [4.69, 9.17) is 9.84 Å². The number of rotatable bonds is 6. The smallest absolute Gasteiger partial charge is 0.335 e. The first-order valence-electron chi connectivity index (χ1n) is 7.50. The highest BCUT2D eigenvalue weighted by Crippen LogP contribution is 2.24. The van der Waals surface area contributed by atoms with Gasteiger partial charge in [0.1, 0.15) is 5.60 Å². The minimum absolute atomic E-state index is 0.0184. The van der Waals surface area contributed by atoms with Gasteiger partial charge in [0.25, 0.3) is 0 Å². The van der Waals surface area contributed by atoms with Gasteiger partial charge in [0.05, 0.1) is 5.56 Å². The number of carboxylic acid groups (broad SMARTS) is 1. The standard InChI is InChI=1S/C20H19FO3/c1-20(2,13-7-6-10-15-8-4-3-5-9-15)24-18-14-16(19(22)23)11-12-17(18)21/h3-14H,1-2H3,(H,22,23)/b10-6-,13-7+. The predicted molar refractivity (Wildman–Crippen MR) is 92.7 cm³/mol. The Kier molecular flexibility index (Phi) is 5.53. The van der Waals surface area contributed by atoms with E-state index in [-0.39, 0.29) is 11.3 Å². The Labute approximate surface area is 140 Å². The van der Waals surface area contributed by atoms with Crippen molar-refractivity contribution < 1.29 is 19.0 Å². The fourth-order valence-corrected chi connectivity index (χ4v) is 2.05. The molecular formula is C20H19FO3. The third-order valence-electron chi connectivity index (χ3n) is 3.25. The molecule has 0 fully saturated rings. The van der Waals surface area contributed by atoms with Crippen molar-refractivity contribution in [3.8, 4) is 5.75 Å². The van der Waals surface area contributed by atoms with E-state index in [1.165, 1.54) is 12.1 Å². The van der Waals surface area contributed by atoms with Crippen LogP contribution >= 0.6 is 0 Å². The molecule has 1 N–H and O–H groups in total. The molecule has 0 radical (unpaired) electrons. The lowest BCUT2D eigenvalue weighted by molar-refractivity contribution is 0.0695. The first-order chi connectivity index (χ1) is 11.4. The summed E-state index contributed by atoms with van der Waals surface area (Å²) in [5.41, 5.74) is 0.259. The van der Waals surface area contributed by atoms with E-state index in [0.717, 1.165) is 11.6 Å². The van der Waals surface area contributed by atoms with Crippen molar-refractivity contribution in [2.45, 2.75) is 19.4 Å². The maximum absolute atomic E-state index is 13.8. The van der Waals surface area contributed by atoms with Crippen LogP contribution in [0.3, 0.4) is 0 Å². The number of hydrogen-bond acceptors (Lipinski definition) is 2. The van der Waals surface area contributed by atoms with Crippen molar-refractivity contribution in [2.24, 2.45) is 0 Å². The van der Waals surface area contributed by atoms with Crippen molar-refractivity contribution in [1.29, 1.82) is 0 Å². The molecule has 0 saturated carbocycles. The number of carboxylic acids is 1. The lowest BCUT2D eigenvalue weighted by Crippen LogP contribution is -2.25. The van der Waals surface area contributed by atoms with Crippen LogP contribution < -0.4 is 4.74 Å². The molecule has 2 aromatic carbocycles. The monoisotopic (exact) mass is 326 g/mol. The number of carbonyl (C=O) groups is 1. The zero-order valence-corrected chi connectivity index (χ0v) is 13.6. The number of allylic oxidation sites excluding steroid dienone is 2. The quantitative estimate of drug-likeness (QED) is 0.764. The van der Waals surface area contributed by atoms with Gasteiger partial charge in [-0.05, 0) is 43.7 Å². The van der Waals surface area contributed by atoms with Crippen LogP contribution in [0, 0.1) is 5.82 Å². The SMILES string of the molecule is CC(C)(/C=C/C=C\c1ccccc1)Oc1cc(C(=O)O)ccc1F. The van der Waals surface area contributed by atoms with Crippen LogP contribution in [0.4, 0.5) is 4.39 Å². The maximum atomic E-state index is 13.8. The van der Waals surface area contributed by atoms with Crippen LogP contribution in [-0.2, 0) is 0 Å². The summed E-state index contributed by atoms with van der Waals surface area (Å²) in [5.74, 6) is -1.81. The molecule has 0 heterocycles. The van der Waals surface area contributed by atoms with Crippen LogP contribution in [-0.4, -0.2) is 16.7 Å². The van der Waals surface area contributed by atoms with Gasteiger partial charge in [0.2, 0.25) is 0 Å². The topological polar surface area (TPSA) is 46.5 Å². The highest BCUT2D eigenvalue weighted by atomic mass is 19.1. The largest absolute Gasteiger partial charge is 0.481 e. The zero-order chi connectivity index (χ0) is 17.6. The van der Waals surface area contributed by atoms with Gasteiger partial charge in [0, 0.05) is 0 Å². The Morgan fingerprint density at radius 1 is 1.12 bits per heavy atom. The van der Waals surface area contributed by atoms with E-state index in [2.05, 4.69) is 0 Å². The van der Waals surface area contributed by atoms with Gasteiger partial charge in [-0.2, -0.15) is 0 Å². The van der Waals surface area contributed by atoms with Gasteiger partial charge >= 0.3 is 5.97 Å². The Morgan fingerprint density at radius 2 is 1.83 bits per heavy atom. The average molecular weight is 326 g/mol. The summed E-state index contributed by atoms with van der Waals surface area (Å²) in [6.45, 7) is 3.54. The minimum Gasteiger partial charge on any atom is -0.481 e. The second kappa shape index (κ2) is 7.59. The van der Waals surface area contributed by atoms with Crippen molar-refractivity contribution in [2.75, 3.05) is 0 Å². The number of hydrogen-bond donors (Lipinski definition) is 1. The molecule has 24 heavy (non-hydrogen) atoms. The van der Waals surface area contributed by atoms with Crippen molar-refractivity contribution >= 4 is 12.0 Å². The van der Waals surface area contributed by atoms with Gasteiger partial charge in [-0.1, -0.05) is 48.6 Å². The molecule has 0 bridgehead atoms. The summed E-state index contributed by atoms with van der Waals surface area (Å²) in [6, 6.07) is 13.3. The lowest BCUT2D eigenvalue weighted by Gasteiger charge is -2.23. The summed E-state index contributed by atoms with van der Waals surface area (Å²) in [5, 5.41) is 8.98. The molecule has 124 valence electrons. The number of halogens is 1. The summed E-state index contributed by atoms with van der Waals surface area (Å²) < 4.78 is 19.4. The Bertz CT molecular complexity index is 762. The van der Waals surface area contributed by atoms with Crippen LogP contribution in [0.2, 0.25) is 0 Å². The van der Waals surface area contributed by atoms with Gasteiger partial charge < -0.3 is 9.84 Å². The molecule has 2 aromatic rings. The zero-order valence-electron chi connectivity index (χ0n) is 13.6. The van der Waals surface area contributed by atoms with Crippen LogP contribution in [0.25, 0.3) is 6.08 Å². The normalized spacial score (nSPS) is 12.0. The average Bonchev–Trinajstić information content (AvgIpc) is 2.54. The van der Waals surface area contributed by atoms with Gasteiger partial charge in [0.15, 0.2) is 11.6 Å². The molecule has 3 nitrogen and oxygen atoms in total. The van der Waals surface area contributed by atoms with Crippen molar-refractivity contribution in [3.05, 3.63) is 83.7 Å². The molecule has 0 spiro atoms. The van der Waals surface area contributed by atoms with Crippen LogP contribution in [0.15, 0.2) is 66.8 Å². The molecule has 0 aliphatic rings. The minimum atomic E-state index is -1.13. The van der Waals surface area contributed by atoms with Crippen molar-refractivity contribution in [3.63, 3.8) is 0 Å². The van der Waals surface area contributed by atoms with E-state index >= 15 is 0 Å². The van der Waals surface area contributed by atoms with E-state index in [0.29, 0.717) is 0 Å². The molecular weight excluding hydrogens is 307 g/mol. The van der Waals surface area contributed by atoms with Crippen molar-refractivity contribution in [1.82, 2.24) is 0 Å². The van der Waals surface area contributed by atoms with E-state index in [1.807, 2.05) is 48.6 Å². The Balaban J connectivity index is 2.08. The summed E-state index contributed by atoms with van der Waals surface area (Å²) in [4.78, 5) is 11.0. The predicted octanol–water partition coefficient (Wildman–Crippen LogP) is 4.95. The first kappa shape index (κ1) is 17.5. The Hall–Kier alpha value is -2.88. The van der Waals surface area contributed by atoms with E-state index < -0.39 is 17.4 Å². The number of benzene rings is 2. The lowest BCUT2D eigenvalue weighted by atomic mass is 10.1. The van der Waals surface area contributed by atoms with E-state index in [9.17, 15) is 9.18 Å². The van der Waals surface area contributed by atoms with Crippen LogP contribution in [0.5, 0.6) is 5.75 Å². The number of aromatic carboxylic acids is 1. The molecule has 0 saturated heterocycles. The third-order valence-corrected chi connectivity index (χ3v) is 3.25. The highest BCUT2D eigenvalue weighted by molar-refractivity contribution is 5.88. The molecule has 0 aliphatic carbocycles. The first-order valence-corrected chi connectivity index (χ1v) is 7.50. The summed E-state index contributed by atoms with van der Waals surface area (Å²) in [7, 11) is 0. The van der Waals surface area contributed by atoms with Crippen LogP contribution in [0.1, 0.15) is 29.8 Å². The molecule has 0 amide bonds. The van der Waals surface area contributed by atoms with E-state index in [1.54, 1.807) is 19.9 Å². The summed E-state index contributed by atoms with van der Waals surface area (Å²) in [6.07, 6.45) is 7.40. The van der Waals surface area contributed by atoms with Gasteiger partial charge in [-0.15, -0.1) is 0 Å².